The molecule has 0 spiro atoms. The predicted octanol–water partition coefficient (Wildman–Crippen LogP) is 6.23. The van der Waals surface area contributed by atoms with Crippen molar-refractivity contribution in [1.82, 2.24) is 9.97 Å². The van der Waals surface area contributed by atoms with Gasteiger partial charge in [0.15, 0.2) is 10.9 Å². The maximum absolute atomic E-state index is 13.3. The molecule has 0 saturated heterocycles. The molecule has 0 amide bonds. The van der Waals surface area contributed by atoms with Crippen LogP contribution in [0.1, 0.15) is 61.2 Å². The van der Waals surface area contributed by atoms with Gasteiger partial charge in [0.2, 0.25) is 0 Å². The van der Waals surface area contributed by atoms with Gasteiger partial charge in [0, 0.05) is 42.3 Å². The van der Waals surface area contributed by atoms with Gasteiger partial charge >= 0.3 is 0 Å². The standard InChI is InChI=1S/C27H32N4OS/c1-3-4-7-19(12-21-15-29-24-9-6-5-8-22(21)24)13-25(32)26-16-30-27(33-26)31-11-10-20-14-28-18(2)23(20)17-31/h5-6,8-9,15-16,19,29H,3-4,7,10-14,17H2,1-2H3. The van der Waals surface area contributed by atoms with Crippen LogP contribution in [0.15, 0.2) is 52.8 Å². The lowest BCUT2D eigenvalue weighted by molar-refractivity contribution is 0.0962. The SMILES string of the molecule is CCCCC(CC(=O)c1cnc(N2CCC3=C(C2)C(C)=NC3)s1)Cc1c[nH]c2ccccc12. The minimum Gasteiger partial charge on any atom is -0.361 e. The first-order chi connectivity index (χ1) is 16.1. The number of nitrogens with zero attached hydrogens (tertiary/aromatic N) is 3. The molecule has 1 atom stereocenters. The Hall–Kier alpha value is -2.73. The average Bonchev–Trinajstić information content (AvgIpc) is 3.57. The summed E-state index contributed by atoms with van der Waals surface area (Å²) in [4.78, 5) is 29.0. The van der Waals surface area contributed by atoms with Gasteiger partial charge in [-0.3, -0.25) is 9.79 Å². The van der Waals surface area contributed by atoms with Gasteiger partial charge in [-0.05, 0) is 54.9 Å². The van der Waals surface area contributed by atoms with Gasteiger partial charge in [-0.2, -0.15) is 0 Å². The van der Waals surface area contributed by atoms with Gasteiger partial charge in [0.1, 0.15) is 0 Å². The molecule has 1 aromatic carbocycles. The van der Waals surface area contributed by atoms with Crippen LogP contribution >= 0.6 is 11.3 Å². The molecular weight excluding hydrogens is 428 g/mol. The number of thiazole rings is 1. The zero-order valence-electron chi connectivity index (χ0n) is 19.6. The molecule has 1 unspecified atom stereocenters. The van der Waals surface area contributed by atoms with E-state index in [1.807, 2.05) is 0 Å². The van der Waals surface area contributed by atoms with E-state index in [1.54, 1.807) is 17.5 Å². The second-order valence-corrected chi connectivity index (χ2v) is 10.4. The smallest absolute Gasteiger partial charge is 0.186 e. The molecule has 5 nitrogen and oxygen atoms in total. The molecule has 0 saturated carbocycles. The fourth-order valence-electron chi connectivity index (χ4n) is 5.10. The van der Waals surface area contributed by atoms with Crippen LogP contribution in [-0.4, -0.2) is 41.1 Å². The van der Waals surface area contributed by atoms with Crippen molar-refractivity contribution >= 4 is 38.9 Å². The molecule has 2 aromatic heterocycles. The molecule has 6 heteroatoms. The zero-order chi connectivity index (χ0) is 22.8. The molecule has 2 aliphatic heterocycles. The van der Waals surface area contributed by atoms with Crippen molar-refractivity contribution in [2.75, 3.05) is 24.5 Å². The van der Waals surface area contributed by atoms with Gasteiger partial charge in [-0.25, -0.2) is 4.98 Å². The molecule has 2 aliphatic rings. The van der Waals surface area contributed by atoms with Gasteiger partial charge in [0.05, 0.1) is 17.6 Å². The van der Waals surface area contributed by atoms with E-state index < -0.39 is 0 Å². The van der Waals surface area contributed by atoms with E-state index in [9.17, 15) is 4.79 Å². The number of Topliss-reactive ketones (excluding diaryl/α,β-unsaturated/α-hetero) is 1. The first-order valence-corrected chi connectivity index (χ1v) is 12.9. The molecule has 5 rings (SSSR count). The molecule has 172 valence electrons. The third-order valence-corrected chi connectivity index (χ3v) is 8.16. The van der Waals surface area contributed by atoms with E-state index in [0.29, 0.717) is 12.3 Å². The number of anilines is 1. The second-order valence-electron chi connectivity index (χ2n) is 9.36. The predicted molar refractivity (Wildman–Crippen MR) is 138 cm³/mol. The van der Waals surface area contributed by atoms with E-state index in [1.165, 1.54) is 33.3 Å². The minimum atomic E-state index is 0.232. The largest absolute Gasteiger partial charge is 0.361 e. The zero-order valence-corrected chi connectivity index (χ0v) is 20.4. The number of rotatable bonds is 9. The van der Waals surface area contributed by atoms with Crippen LogP contribution in [0, 0.1) is 5.92 Å². The molecule has 3 aromatic rings. The summed E-state index contributed by atoms with van der Waals surface area (Å²) in [6.07, 6.45) is 9.86. The number of H-pyrrole nitrogens is 1. The summed E-state index contributed by atoms with van der Waals surface area (Å²) in [5, 5.41) is 2.24. The van der Waals surface area contributed by atoms with Crippen LogP contribution in [0.5, 0.6) is 0 Å². The highest BCUT2D eigenvalue weighted by Gasteiger charge is 2.26. The Balaban J connectivity index is 1.27. The molecule has 0 radical (unpaired) electrons. The Morgan fingerprint density at radius 3 is 3.06 bits per heavy atom. The van der Waals surface area contributed by atoms with Crippen LogP contribution in [0.25, 0.3) is 10.9 Å². The second kappa shape index (κ2) is 9.64. The number of unbranched alkanes of at least 4 members (excludes halogenated alkanes) is 1. The Morgan fingerprint density at radius 2 is 2.18 bits per heavy atom. The number of aromatic nitrogens is 2. The quantitative estimate of drug-likeness (QED) is 0.385. The number of carbonyl (C=O) groups is 1. The van der Waals surface area contributed by atoms with Crippen LogP contribution in [0.3, 0.4) is 0 Å². The average molecular weight is 461 g/mol. The molecule has 0 bridgehead atoms. The summed E-state index contributed by atoms with van der Waals surface area (Å²) in [5.41, 5.74) is 6.51. The first kappa shape index (κ1) is 22.1. The fraction of sp³-hybridized carbons (Fsp3) is 0.444. The number of nitrogens with one attached hydrogen (secondary N) is 1. The lowest BCUT2D eigenvalue weighted by atomic mass is 9.89. The molecule has 0 aliphatic carbocycles. The molecule has 33 heavy (non-hydrogen) atoms. The van der Waals surface area contributed by atoms with E-state index in [-0.39, 0.29) is 5.78 Å². The first-order valence-electron chi connectivity index (χ1n) is 12.1. The molecule has 1 N–H and O–H groups in total. The van der Waals surface area contributed by atoms with Crippen molar-refractivity contribution in [1.29, 1.82) is 0 Å². The molecule has 4 heterocycles. The number of benzene rings is 1. The summed E-state index contributed by atoms with van der Waals surface area (Å²) >= 11 is 1.56. The number of aliphatic imine (C=N–C) groups is 1. The number of hydrogen-bond donors (Lipinski definition) is 1. The summed E-state index contributed by atoms with van der Waals surface area (Å²) in [7, 11) is 0. The Morgan fingerprint density at radius 1 is 1.30 bits per heavy atom. The molecular formula is C27H32N4OS. The van der Waals surface area contributed by atoms with Crippen molar-refractivity contribution in [3.05, 3.63) is 58.2 Å². The Bertz CT molecular complexity index is 1220. The van der Waals surface area contributed by atoms with Crippen LogP contribution < -0.4 is 4.90 Å². The number of aromatic amines is 1. The van der Waals surface area contributed by atoms with Gasteiger partial charge in [-0.1, -0.05) is 49.3 Å². The van der Waals surface area contributed by atoms with Crippen molar-refractivity contribution in [3.63, 3.8) is 0 Å². The Kier molecular flexibility index (Phi) is 6.45. The van der Waals surface area contributed by atoms with Crippen LogP contribution in [0.2, 0.25) is 0 Å². The van der Waals surface area contributed by atoms with E-state index >= 15 is 0 Å². The minimum absolute atomic E-state index is 0.232. The lowest BCUT2D eigenvalue weighted by Gasteiger charge is -2.28. The maximum atomic E-state index is 13.3. The summed E-state index contributed by atoms with van der Waals surface area (Å²) in [5.74, 6) is 0.581. The highest BCUT2D eigenvalue weighted by molar-refractivity contribution is 7.17. The highest BCUT2D eigenvalue weighted by atomic mass is 32.1. The van der Waals surface area contributed by atoms with Crippen molar-refractivity contribution < 1.29 is 4.79 Å². The van der Waals surface area contributed by atoms with Crippen LogP contribution in [0.4, 0.5) is 5.13 Å². The number of carbonyl (C=O) groups excluding carboxylic acids is 1. The lowest BCUT2D eigenvalue weighted by Crippen LogP contribution is -2.32. The normalized spacial score (nSPS) is 16.9. The van der Waals surface area contributed by atoms with Gasteiger partial charge < -0.3 is 9.88 Å². The van der Waals surface area contributed by atoms with E-state index in [2.05, 4.69) is 64.2 Å². The number of hydrogen-bond acceptors (Lipinski definition) is 5. The van der Waals surface area contributed by atoms with Crippen molar-refractivity contribution in [2.24, 2.45) is 10.9 Å². The topological polar surface area (TPSA) is 61.4 Å². The summed E-state index contributed by atoms with van der Waals surface area (Å²) in [6.45, 7) is 7.02. The van der Waals surface area contributed by atoms with E-state index in [4.69, 9.17) is 0 Å². The van der Waals surface area contributed by atoms with Gasteiger partial charge in [-0.15, -0.1) is 0 Å². The van der Waals surface area contributed by atoms with Crippen LogP contribution in [-0.2, 0) is 6.42 Å². The van der Waals surface area contributed by atoms with E-state index in [0.717, 1.165) is 61.7 Å². The maximum Gasteiger partial charge on any atom is 0.186 e. The van der Waals surface area contributed by atoms with Crippen molar-refractivity contribution in [3.8, 4) is 0 Å². The van der Waals surface area contributed by atoms with Gasteiger partial charge in [0.25, 0.3) is 0 Å². The third-order valence-electron chi connectivity index (χ3n) is 7.07. The highest BCUT2D eigenvalue weighted by Crippen LogP contribution is 2.32. The number of fused-ring (bicyclic) bond motifs is 1. The summed E-state index contributed by atoms with van der Waals surface area (Å²) < 4.78 is 0. The number of para-hydroxylation sites is 1. The summed E-state index contributed by atoms with van der Waals surface area (Å²) in [6, 6.07) is 8.43. The molecule has 0 fully saturated rings. The third kappa shape index (κ3) is 4.67. The number of ketones is 1. The monoisotopic (exact) mass is 460 g/mol. The fourth-order valence-corrected chi connectivity index (χ4v) is 5.99. The van der Waals surface area contributed by atoms with Crippen molar-refractivity contribution in [2.45, 2.75) is 52.4 Å². The Labute approximate surface area is 199 Å².